The zero-order chi connectivity index (χ0) is 16.1. The molecule has 1 fully saturated rings. The Balaban J connectivity index is 2.02. The first-order valence-corrected chi connectivity index (χ1v) is 7.25. The molecular weight excluding hydrogens is 284 g/mol. The molecule has 4 N–H and O–H groups in total. The number of hydrogen-bond acceptors (Lipinski definition) is 4. The molecule has 1 heterocycles. The molecule has 1 aliphatic heterocycles. The number of nitrogens with two attached hydrogens (primary N) is 1. The van der Waals surface area contributed by atoms with E-state index in [9.17, 15) is 14.4 Å². The standard InChI is InChI=1S/C15H20N4O3/c1-2-4-12(16)14(21)18-11-6-3-5-10(7-11)9-19-13(20)8-17-15(19)22/h3,5-7,12H,2,4,8-9,16H2,1H3,(H,17,22)(H,18,21). The van der Waals surface area contributed by atoms with E-state index in [4.69, 9.17) is 5.73 Å². The van der Waals surface area contributed by atoms with Gasteiger partial charge in [0, 0.05) is 5.69 Å². The third kappa shape index (κ3) is 3.82. The molecule has 4 amide bonds. The van der Waals surface area contributed by atoms with Crippen LogP contribution < -0.4 is 16.4 Å². The van der Waals surface area contributed by atoms with E-state index in [1.54, 1.807) is 24.3 Å². The zero-order valence-electron chi connectivity index (χ0n) is 12.5. The van der Waals surface area contributed by atoms with Gasteiger partial charge in [0.15, 0.2) is 0 Å². The fraction of sp³-hybridized carbons (Fsp3) is 0.400. The molecule has 22 heavy (non-hydrogen) atoms. The molecule has 0 bridgehead atoms. The number of hydrogen-bond donors (Lipinski definition) is 3. The molecule has 118 valence electrons. The van der Waals surface area contributed by atoms with Crippen LogP contribution in [0, 0.1) is 0 Å². The molecule has 0 saturated carbocycles. The van der Waals surface area contributed by atoms with Gasteiger partial charge in [-0.15, -0.1) is 0 Å². The van der Waals surface area contributed by atoms with Crippen LogP contribution in [-0.2, 0) is 16.1 Å². The third-order valence-electron chi connectivity index (χ3n) is 3.41. The summed E-state index contributed by atoms with van der Waals surface area (Å²) >= 11 is 0. The number of rotatable bonds is 6. The van der Waals surface area contributed by atoms with Crippen molar-refractivity contribution >= 4 is 23.5 Å². The molecule has 1 saturated heterocycles. The third-order valence-corrected chi connectivity index (χ3v) is 3.41. The van der Waals surface area contributed by atoms with Crippen LogP contribution in [-0.4, -0.2) is 35.3 Å². The number of nitrogens with zero attached hydrogens (tertiary/aromatic N) is 1. The van der Waals surface area contributed by atoms with Crippen molar-refractivity contribution in [2.24, 2.45) is 5.73 Å². The van der Waals surface area contributed by atoms with Crippen LogP contribution in [0.5, 0.6) is 0 Å². The van der Waals surface area contributed by atoms with Gasteiger partial charge in [-0.25, -0.2) is 4.79 Å². The number of imide groups is 1. The summed E-state index contributed by atoms with van der Waals surface area (Å²) in [4.78, 5) is 36.1. The van der Waals surface area contributed by atoms with Crippen molar-refractivity contribution < 1.29 is 14.4 Å². The minimum Gasteiger partial charge on any atom is -0.329 e. The fourth-order valence-electron chi connectivity index (χ4n) is 2.22. The van der Waals surface area contributed by atoms with E-state index in [0.717, 1.165) is 16.9 Å². The molecule has 1 unspecified atom stereocenters. The summed E-state index contributed by atoms with van der Waals surface area (Å²) in [5.41, 5.74) is 7.12. The molecule has 0 spiro atoms. The average molecular weight is 304 g/mol. The quantitative estimate of drug-likeness (QED) is 0.676. The van der Waals surface area contributed by atoms with Gasteiger partial charge in [-0.3, -0.25) is 14.5 Å². The maximum atomic E-state index is 11.9. The summed E-state index contributed by atoms with van der Waals surface area (Å²) in [5.74, 6) is -0.501. The van der Waals surface area contributed by atoms with Gasteiger partial charge in [0.1, 0.15) is 0 Å². The van der Waals surface area contributed by atoms with Crippen molar-refractivity contribution in [3.8, 4) is 0 Å². The minimum absolute atomic E-state index is 0.0289. The Bertz CT molecular complexity index is 572. The second-order valence-electron chi connectivity index (χ2n) is 5.22. The topological polar surface area (TPSA) is 105 Å². The van der Waals surface area contributed by atoms with E-state index in [0.29, 0.717) is 12.1 Å². The van der Waals surface area contributed by atoms with Gasteiger partial charge in [0.05, 0.1) is 19.1 Å². The number of amides is 4. The highest BCUT2D eigenvalue weighted by Gasteiger charge is 2.28. The van der Waals surface area contributed by atoms with E-state index in [1.807, 2.05) is 6.92 Å². The molecule has 1 aromatic carbocycles. The van der Waals surface area contributed by atoms with Crippen LogP contribution in [0.2, 0.25) is 0 Å². The molecule has 0 aromatic heterocycles. The summed E-state index contributed by atoms with van der Waals surface area (Å²) in [6.07, 6.45) is 1.45. The Kier molecular flexibility index (Phi) is 5.11. The Morgan fingerprint density at radius 2 is 2.23 bits per heavy atom. The summed E-state index contributed by atoms with van der Waals surface area (Å²) in [7, 11) is 0. The monoisotopic (exact) mass is 304 g/mol. The second-order valence-corrected chi connectivity index (χ2v) is 5.22. The second kappa shape index (κ2) is 7.04. The number of carbonyl (C=O) groups is 3. The van der Waals surface area contributed by atoms with Crippen molar-refractivity contribution in [3.63, 3.8) is 0 Å². The zero-order valence-corrected chi connectivity index (χ0v) is 12.5. The normalized spacial score (nSPS) is 15.6. The van der Waals surface area contributed by atoms with Gasteiger partial charge < -0.3 is 16.4 Å². The summed E-state index contributed by atoms with van der Waals surface area (Å²) in [6, 6.07) is 6.08. The molecule has 1 aliphatic rings. The fourth-order valence-corrected chi connectivity index (χ4v) is 2.22. The first kappa shape index (κ1) is 16.0. The van der Waals surface area contributed by atoms with E-state index in [-0.39, 0.29) is 24.9 Å². The van der Waals surface area contributed by atoms with Crippen LogP contribution in [0.4, 0.5) is 10.5 Å². The Morgan fingerprint density at radius 1 is 1.45 bits per heavy atom. The van der Waals surface area contributed by atoms with Gasteiger partial charge in [-0.05, 0) is 24.1 Å². The van der Waals surface area contributed by atoms with Crippen LogP contribution in [0.25, 0.3) is 0 Å². The largest absolute Gasteiger partial charge is 0.329 e. The van der Waals surface area contributed by atoms with Crippen molar-refractivity contribution in [2.75, 3.05) is 11.9 Å². The van der Waals surface area contributed by atoms with Gasteiger partial charge in [0.2, 0.25) is 11.8 Å². The predicted octanol–water partition coefficient (Wildman–Crippen LogP) is 0.804. The number of carbonyl (C=O) groups excluding carboxylic acids is 3. The van der Waals surface area contributed by atoms with Crippen LogP contribution in [0.15, 0.2) is 24.3 Å². The number of urea groups is 1. The summed E-state index contributed by atoms with van der Waals surface area (Å²) in [6.45, 7) is 2.17. The molecule has 1 aromatic rings. The highest BCUT2D eigenvalue weighted by Crippen LogP contribution is 2.14. The molecular formula is C15H20N4O3. The van der Waals surface area contributed by atoms with Crippen molar-refractivity contribution in [3.05, 3.63) is 29.8 Å². The lowest BCUT2D eigenvalue weighted by Crippen LogP contribution is -2.35. The highest BCUT2D eigenvalue weighted by atomic mass is 16.2. The average Bonchev–Trinajstić information content (AvgIpc) is 2.80. The van der Waals surface area contributed by atoms with Crippen molar-refractivity contribution in [1.82, 2.24) is 10.2 Å². The minimum atomic E-state index is -0.542. The smallest absolute Gasteiger partial charge is 0.324 e. The van der Waals surface area contributed by atoms with Crippen molar-refractivity contribution in [1.29, 1.82) is 0 Å². The first-order chi connectivity index (χ1) is 10.5. The SMILES string of the molecule is CCCC(N)C(=O)Nc1cccc(CN2C(=O)CNC2=O)c1. The number of benzene rings is 1. The molecule has 0 radical (unpaired) electrons. The highest BCUT2D eigenvalue weighted by molar-refractivity contribution is 6.01. The number of anilines is 1. The van der Waals surface area contributed by atoms with Gasteiger partial charge >= 0.3 is 6.03 Å². The Morgan fingerprint density at radius 3 is 2.86 bits per heavy atom. The first-order valence-electron chi connectivity index (χ1n) is 7.25. The molecule has 1 atom stereocenters. The predicted molar refractivity (Wildman–Crippen MR) is 81.9 cm³/mol. The van der Waals surface area contributed by atoms with E-state index < -0.39 is 12.1 Å². The van der Waals surface area contributed by atoms with Crippen LogP contribution in [0.3, 0.4) is 0 Å². The van der Waals surface area contributed by atoms with E-state index >= 15 is 0 Å². The van der Waals surface area contributed by atoms with Crippen molar-refractivity contribution in [2.45, 2.75) is 32.4 Å². The maximum Gasteiger partial charge on any atom is 0.324 e. The number of nitrogens with one attached hydrogen (secondary N) is 2. The maximum absolute atomic E-state index is 11.9. The lowest BCUT2D eigenvalue weighted by atomic mass is 10.1. The molecule has 0 aliphatic carbocycles. The molecule has 7 nitrogen and oxygen atoms in total. The van der Waals surface area contributed by atoms with Gasteiger partial charge in [0.25, 0.3) is 0 Å². The summed E-state index contributed by atoms with van der Waals surface area (Å²) in [5, 5.41) is 5.21. The lowest BCUT2D eigenvalue weighted by molar-refractivity contribution is -0.125. The van der Waals surface area contributed by atoms with Crippen LogP contribution >= 0.6 is 0 Å². The Labute approximate surface area is 128 Å². The lowest BCUT2D eigenvalue weighted by Gasteiger charge is -2.14. The van der Waals surface area contributed by atoms with E-state index in [1.165, 1.54) is 0 Å². The van der Waals surface area contributed by atoms with Gasteiger partial charge in [-0.2, -0.15) is 0 Å². The Hall–Kier alpha value is -2.41. The van der Waals surface area contributed by atoms with Gasteiger partial charge in [-0.1, -0.05) is 25.5 Å². The summed E-state index contributed by atoms with van der Waals surface area (Å²) < 4.78 is 0. The molecule has 2 rings (SSSR count). The van der Waals surface area contributed by atoms with E-state index in [2.05, 4.69) is 10.6 Å². The van der Waals surface area contributed by atoms with Crippen LogP contribution in [0.1, 0.15) is 25.3 Å². The molecule has 7 heteroatoms.